The molecule has 25 heavy (non-hydrogen) atoms. The summed E-state index contributed by atoms with van der Waals surface area (Å²) in [7, 11) is 0. The minimum absolute atomic E-state index is 0.165. The van der Waals surface area contributed by atoms with Gasteiger partial charge in [-0.1, -0.05) is 0 Å². The monoisotopic (exact) mass is 342 g/mol. The molecule has 1 amide bonds. The topological polar surface area (TPSA) is 59.5 Å². The van der Waals surface area contributed by atoms with Crippen LogP contribution in [0.5, 0.6) is 0 Å². The number of nitrogens with zero attached hydrogens (tertiary/aromatic N) is 1. The highest BCUT2D eigenvalue weighted by molar-refractivity contribution is 5.84. The molecule has 2 N–H and O–H groups in total. The summed E-state index contributed by atoms with van der Waals surface area (Å²) >= 11 is 0. The van der Waals surface area contributed by atoms with Gasteiger partial charge in [0.25, 0.3) is 0 Å². The van der Waals surface area contributed by atoms with Crippen LogP contribution in [0.4, 0.5) is 8.78 Å². The summed E-state index contributed by atoms with van der Waals surface area (Å²) in [6, 6.07) is 10.5. The van der Waals surface area contributed by atoms with Gasteiger partial charge in [0.1, 0.15) is 11.6 Å². The van der Waals surface area contributed by atoms with E-state index in [4.69, 9.17) is 10.2 Å². The lowest BCUT2D eigenvalue weighted by Crippen LogP contribution is -2.54. The van der Waals surface area contributed by atoms with E-state index in [1.54, 1.807) is 18.2 Å². The third kappa shape index (κ3) is 2.89. The Labute approximate surface area is 142 Å². The van der Waals surface area contributed by atoms with Crippen molar-refractivity contribution in [1.82, 2.24) is 4.90 Å². The number of amides is 1. The maximum atomic E-state index is 14.4. The number of furan rings is 1. The first-order valence-electron chi connectivity index (χ1n) is 8.02. The normalized spacial score (nSPS) is 17.6. The summed E-state index contributed by atoms with van der Waals surface area (Å²) in [5.41, 5.74) is 6.94. The van der Waals surface area contributed by atoms with Crippen LogP contribution in [-0.4, -0.2) is 23.4 Å². The van der Waals surface area contributed by atoms with Crippen molar-refractivity contribution < 1.29 is 18.0 Å². The highest BCUT2D eigenvalue weighted by Crippen LogP contribution is 2.31. The molecule has 1 aromatic heterocycles. The van der Waals surface area contributed by atoms with Gasteiger partial charge in [-0.15, -0.1) is 0 Å². The molecular weight excluding hydrogens is 326 g/mol. The van der Waals surface area contributed by atoms with E-state index in [9.17, 15) is 13.6 Å². The molecule has 0 spiro atoms. The molecule has 0 saturated carbocycles. The van der Waals surface area contributed by atoms with Crippen LogP contribution in [0.2, 0.25) is 0 Å². The highest BCUT2D eigenvalue weighted by atomic mass is 19.1. The number of fused-ring (bicyclic) bond motifs is 1. The van der Waals surface area contributed by atoms with E-state index in [1.165, 1.54) is 18.2 Å². The molecule has 1 fully saturated rings. The zero-order valence-corrected chi connectivity index (χ0v) is 13.3. The van der Waals surface area contributed by atoms with Crippen LogP contribution in [0.15, 0.2) is 46.9 Å². The van der Waals surface area contributed by atoms with Gasteiger partial charge in [-0.2, -0.15) is 0 Å². The number of carbonyl (C=O) groups excluding carboxylic acids is 1. The maximum Gasteiger partial charge on any atom is 0.234 e. The number of primary amides is 1. The van der Waals surface area contributed by atoms with Gasteiger partial charge in [0.05, 0.1) is 6.04 Å². The first-order chi connectivity index (χ1) is 12.0. The van der Waals surface area contributed by atoms with Gasteiger partial charge in [-0.05, 0) is 54.4 Å². The first-order valence-corrected chi connectivity index (χ1v) is 8.02. The maximum absolute atomic E-state index is 14.4. The average Bonchev–Trinajstić information content (AvgIpc) is 2.96. The van der Waals surface area contributed by atoms with Crippen molar-refractivity contribution >= 4 is 16.9 Å². The zero-order valence-electron chi connectivity index (χ0n) is 13.3. The van der Waals surface area contributed by atoms with Crippen molar-refractivity contribution in [3.05, 3.63) is 59.7 Å². The molecule has 1 saturated heterocycles. The number of carbonyl (C=O) groups is 1. The summed E-state index contributed by atoms with van der Waals surface area (Å²) in [5, 5.41) is 0.630. The van der Waals surface area contributed by atoms with Crippen molar-refractivity contribution in [3.8, 4) is 11.3 Å². The second-order valence-electron chi connectivity index (χ2n) is 6.29. The molecular formula is C19H16F2N2O2. The third-order valence-electron chi connectivity index (χ3n) is 4.60. The van der Waals surface area contributed by atoms with Crippen LogP contribution < -0.4 is 5.73 Å². The number of benzene rings is 2. The quantitative estimate of drug-likeness (QED) is 0.790. The number of nitrogens with two attached hydrogens (primary N) is 1. The summed E-state index contributed by atoms with van der Waals surface area (Å²) in [5.74, 6) is -0.677. The van der Waals surface area contributed by atoms with E-state index in [2.05, 4.69) is 0 Å². The summed E-state index contributed by atoms with van der Waals surface area (Å²) in [6.07, 6.45) is 0.737. The van der Waals surface area contributed by atoms with E-state index in [0.717, 1.165) is 18.5 Å². The van der Waals surface area contributed by atoms with E-state index >= 15 is 0 Å². The molecule has 1 unspecified atom stereocenters. The Morgan fingerprint density at radius 1 is 1.20 bits per heavy atom. The number of rotatable bonds is 4. The summed E-state index contributed by atoms with van der Waals surface area (Å²) < 4.78 is 33.0. The predicted octanol–water partition coefficient (Wildman–Crippen LogP) is 3.44. The first kappa shape index (κ1) is 15.8. The Hall–Kier alpha value is -2.73. The fourth-order valence-corrected chi connectivity index (χ4v) is 3.20. The largest absolute Gasteiger partial charge is 0.453 e. The van der Waals surface area contributed by atoms with Crippen molar-refractivity contribution in [2.24, 2.45) is 5.73 Å². The highest BCUT2D eigenvalue weighted by Gasteiger charge is 2.32. The van der Waals surface area contributed by atoms with Gasteiger partial charge in [0, 0.05) is 24.0 Å². The number of likely N-dealkylation sites (tertiary alicyclic amines) is 1. The number of halogens is 2. The molecule has 0 bridgehead atoms. The van der Waals surface area contributed by atoms with Crippen LogP contribution in [-0.2, 0) is 11.3 Å². The fourth-order valence-electron chi connectivity index (χ4n) is 3.20. The Morgan fingerprint density at radius 2 is 1.96 bits per heavy atom. The van der Waals surface area contributed by atoms with Gasteiger partial charge in [0.15, 0.2) is 11.4 Å². The minimum atomic E-state index is -0.461. The summed E-state index contributed by atoms with van der Waals surface area (Å²) in [4.78, 5) is 13.2. The molecule has 0 aliphatic carbocycles. The fraction of sp³-hybridized carbons (Fsp3) is 0.211. The van der Waals surface area contributed by atoms with Gasteiger partial charge in [-0.25, -0.2) is 8.78 Å². The van der Waals surface area contributed by atoms with E-state index in [0.29, 0.717) is 23.3 Å². The Kier molecular flexibility index (Phi) is 3.77. The smallest absolute Gasteiger partial charge is 0.234 e. The van der Waals surface area contributed by atoms with Crippen LogP contribution >= 0.6 is 0 Å². The molecule has 1 atom stereocenters. The van der Waals surface area contributed by atoms with Gasteiger partial charge >= 0.3 is 0 Å². The molecule has 3 aromatic rings. The molecule has 4 nitrogen and oxygen atoms in total. The van der Waals surface area contributed by atoms with Crippen molar-refractivity contribution in [1.29, 1.82) is 0 Å². The van der Waals surface area contributed by atoms with E-state index < -0.39 is 5.82 Å². The van der Waals surface area contributed by atoms with Crippen LogP contribution in [0.1, 0.15) is 12.0 Å². The lowest BCUT2D eigenvalue weighted by Gasteiger charge is -2.38. The Balaban J connectivity index is 1.65. The summed E-state index contributed by atoms with van der Waals surface area (Å²) in [6.45, 7) is 1.22. The molecule has 4 rings (SSSR count). The van der Waals surface area contributed by atoms with Crippen molar-refractivity contribution in [3.63, 3.8) is 0 Å². The van der Waals surface area contributed by atoms with E-state index in [1.807, 2.05) is 11.0 Å². The predicted molar refractivity (Wildman–Crippen MR) is 89.6 cm³/mol. The molecule has 128 valence electrons. The van der Waals surface area contributed by atoms with Crippen LogP contribution in [0.3, 0.4) is 0 Å². The lowest BCUT2D eigenvalue weighted by molar-refractivity contribution is -0.127. The molecule has 1 aliphatic heterocycles. The number of hydrogen-bond donors (Lipinski definition) is 1. The minimum Gasteiger partial charge on any atom is -0.453 e. The lowest BCUT2D eigenvalue weighted by atomic mass is 10.0. The Morgan fingerprint density at radius 3 is 2.60 bits per heavy atom. The standard InChI is InChI=1S/C19H16F2N2O2/c20-14-3-1-12(2-4-14)17-9-13-7-11(8-15(21)18(13)25-17)10-23-6-5-16(23)19(22)24/h1-4,7-9,16H,5-6,10H2,(H2,22,24). The SMILES string of the molecule is NC(=O)C1CCN1Cc1cc(F)c2oc(-c3ccc(F)cc3)cc2c1. The molecule has 2 aromatic carbocycles. The average molecular weight is 342 g/mol. The van der Waals surface area contributed by atoms with Crippen LogP contribution in [0.25, 0.3) is 22.3 Å². The van der Waals surface area contributed by atoms with Gasteiger partial charge in [-0.3, -0.25) is 9.69 Å². The molecule has 0 radical (unpaired) electrons. The molecule has 1 aliphatic rings. The third-order valence-corrected chi connectivity index (χ3v) is 4.60. The van der Waals surface area contributed by atoms with Gasteiger partial charge in [0.2, 0.25) is 5.91 Å². The van der Waals surface area contributed by atoms with Crippen molar-refractivity contribution in [2.45, 2.75) is 19.0 Å². The number of hydrogen-bond acceptors (Lipinski definition) is 3. The van der Waals surface area contributed by atoms with Crippen LogP contribution in [0, 0.1) is 11.6 Å². The Bertz CT molecular complexity index is 950. The second kappa shape index (κ2) is 5.97. The van der Waals surface area contributed by atoms with Crippen molar-refractivity contribution in [2.75, 3.05) is 6.54 Å². The zero-order chi connectivity index (χ0) is 17.6. The van der Waals surface area contributed by atoms with E-state index in [-0.39, 0.29) is 23.3 Å². The molecule has 2 heterocycles. The second-order valence-corrected chi connectivity index (χ2v) is 6.29. The molecule has 6 heteroatoms. The van der Waals surface area contributed by atoms with Gasteiger partial charge < -0.3 is 10.2 Å².